The zero-order chi connectivity index (χ0) is 13.7. The first-order valence-electron chi connectivity index (χ1n) is 7.11. The average Bonchev–Trinajstić information content (AvgIpc) is 2.44. The molecule has 1 aliphatic carbocycles. The molecule has 1 saturated carbocycles. The van der Waals surface area contributed by atoms with Gasteiger partial charge in [0, 0.05) is 30.2 Å². The second-order valence-corrected chi connectivity index (χ2v) is 6.16. The molecule has 1 fully saturated rings. The van der Waals surface area contributed by atoms with Gasteiger partial charge in [0.1, 0.15) is 0 Å². The molecular formula is C14H23N3OS. The van der Waals surface area contributed by atoms with Gasteiger partial charge in [0.05, 0.1) is 0 Å². The molecule has 5 heteroatoms. The van der Waals surface area contributed by atoms with E-state index in [2.05, 4.69) is 23.5 Å². The fourth-order valence-corrected chi connectivity index (χ4v) is 3.62. The van der Waals surface area contributed by atoms with Gasteiger partial charge in [-0.2, -0.15) is 11.8 Å². The molecule has 0 spiro atoms. The van der Waals surface area contributed by atoms with E-state index in [4.69, 9.17) is 0 Å². The molecular weight excluding hydrogens is 258 g/mol. The lowest BCUT2D eigenvalue weighted by molar-refractivity contribution is 0.473. The van der Waals surface area contributed by atoms with Crippen LogP contribution in [0.4, 0.5) is 5.82 Å². The van der Waals surface area contributed by atoms with E-state index in [1.807, 2.05) is 11.8 Å². The summed E-state index contributed by atoms with van der Waals surface area (Å²) >= 11 is 1.89. The molecule has 1 aromatic heterocycles. The summed E-state index contributed by atoms with van der Waals surface area (Å²) < 4.78 is 1.74. The maximum Gasteiger partial charge on any atom is 0.293 e. The smallest absolute Gasteiger partial charge is 0.293 e. The molecule has 0 aromatic carbocycles. The zero-order valence-electron chi connectivity index (χ0n) is 11.8. The molecule has 1 N–H and O–H groups in total. The van der Waals surface area contributed by atoms with Crippen LogP contribution >= 0.6 is 11.8 Å². The third-order valence-corrected chi connectivity index (χ3v) is 4.88. The number of rotatable bonds is 5. The van der Waals surface area contributed by atoms with Gasteiger partial charge in [-0.1, -0.05) is 19.8 Å². The van der Waals surface area contributed by atoms with E-state index in [0.29, 0.717) is 17.1 Å². The monoisotopic (exact) mass is 281 g/mol. The van der Waals surface area contributed by atoms with Crippen LogP contribution in [-0.2, 0) is 6.54 Å². The van der Waals surface area contributed by atoms with Crippen molar-refractivity contribution in [2.24, 2.45) is 0 Å². The van der Waals surface area contributed by atoms with Crippen LogP contribution in [0.2, 0.25) is 0 Å². The molecule has 2 unspecified atom stereocenters. The van der Waals surface area contributed by atoms with Crippen molar-refractivity contribution < 1.29 is 0 Å². The van der Waals surface area contributed by atoms with E-state index >= 15 is 0 Å². The van der Waals surface area contributed by atoms with Crippen molar-refractivity contribution in [3.8, 4) is 0 Å². The number of aryl methyl sites for hydroxylation is 1. The minimum absolute atomic E-state index is 0.00905. The largest absolute Gasteiger partial charge is 0.362 e. The summed E-state index contributed by atoms with van der Waals surface area (Å²) in [5, 5.41) is 3.98. The molecule has 0 aliphatic heterocycles. The Morgan fingerprint density at radius 2 is 2.26 bits per heavy atom. The van der Waals surface area contributed by atoms with Crippen molar-refractivity contribution in [1.82, 2.24) is 9.55 Å². The van der Waals surface area contributed by atoms with Gasteiger partial charge in [0.25, 0.3) is 5.56 Å². The summed E-state index contributed by atoms with van der Waals surface area (Å²) in [6.07, 6.45) is 11.5. The zero-order valence-corrected chi connectivity index (χ0v) is 12.6. The van der Waals surface area contributed by atoms with Gasteiger partial charge in [0.2, 0.25) is 0 Å². The number of nitrogens with zero attached hydrogens (tertiary/aromatic N) is 2. The van der Waals surface area contributed by atoms with E-state index in [9.17, 15) is 4.79 Å². The van der Waals surface area contributed by atoms with Gasteiger partial charge in [-0.15, -0.1) is 0 Å². The first kappa shape index (κ1) is 14.4. The van der Waals surface area contributed by atoms with E-state index in [1.54, 1.807) is 17.0 Å². The van der Waals surface area contributed by atoms with Crippen molar-refractivity contribution in [1.29, 1.82) is 0 Å². The Morgan fingerprint density at radius 1 is 1.47 bits per heavy atom. The fourth-order valence-electron chi connectivity index (χ4n) is 2.68. The van der Waals surface area contributed by atoms with E-state index in [0.717, 1.165) is 19.4 Å². The lowest BCUT2D eigenvalue weighted by Crippen LogP contribution is -2.37. The van der Waals surface area contributed by atoms with E-state index in [-0.39, 0.29) is 5.56 Å². The molecule has 0 amide bonds. The molecule has 0 radical (unpaired) electrons. The molecule has 1 heterocycles. The van der Waals surface area contributed by atoms with Gasteiger partial charge < -0.3 is 9.88 Å². The van der Waals surface area contributed by atoms with Crippen molar-refractivity contribution >= 4 is 17.6 Å². The number of aromatic nitrogens is 2. The predicted molar refractivity (Wildman–Crippen MR) is 82.0 cm³/mol. The van der Waals surface area contributed by atoms with Crippen molar-refractivity contribution in [2.75, 3.05) is 11.6 Å². The molecule has 1 aliphatic rings. The minimum Gasteiger partial charge on any atom is -0.362 e. The second-order valence-electron chi connectivity index (χ2n) is 5.08. The first-order valence-corrected chi connectivity index (χ1v) is 8.39. The molecule has 19 heavy (non-hydrogen) atoms. The summed E-state index contributed by atoms with van der Waals surface area (Å²) in [7, 11) is 0. The number of anilines is 1. The molecule has 106 valence electrons. The SMILES string of the molecule is CCCn1ccnc(NC2CCCCC2SC)c1=O. The van der Waals surface area contributed by atoms with Crippen LogP contribution in [0, 0.1) is 0 Å². The molecule has 0 saturated heterocycles. The third kappa shape index (κ3) is 3.53. The second kappa shape index (κ2) is 6.98. The van der Waals surface area contributed by atoms with Gasteiger partial charge in [-0.3, -0.25) is 4.79 Å². The Kier molecular flexibility index (Phi) is 5.31. The van der Waals surface area contributed by atoms with Gasteiger partial charge in [0.15, 0.2) is 5.82 Å². The molecule has 1 aromatic rings. The highest BCUT2D eigenvalue weighted by Crippen LogP contribution is 2.28. The highest BCUT2D eigenvalue weighted by molar-refractivity contribution is 7.99. The normalized spacial score (nSPS) is 23.3. The summed E-state index contributed by atoms with van der Waals surface area (Å²) in [5.41, 5.74) is 0.00905. The number of hydrogen-bond acceptors (Lipinski definition) is 4. The Hall–Kier alpha value is -0.970. The van der Waals surface area contributed by atoms with Crippen molar-refractivity contribution in [3.63, 3.8) is 0 Å². The predicted octanol–water partition coefficient (Wildman–Crippen LogP) is 2.74. The Labute approximate surface area is 119 Å². The van der Waals surface area contributed by atoms with Crippen LogP contribution in [0.25, 0.3) is 0 Å². The van der Waals surface area contributed by atoms with Gasteiger partial charge >= 0.3 is 0 Å². The summed E-state index contributed by atoms with van der Waals surface area (Å²) in [6, 6.07) is 0.376. The summed E-state index contributed by atoms with van der Waals surface area (Å²) in [4.78, 5) is 16.5. The fraction of sp³-hybridized carbons (Fsp3) is 0.714. The highest BCUT2D eigenvalue weighted by Gasteiger charge is 2.25. The number of thioether (sulfide) groups is 1. The van der Waals surface area contributed by atoms with Gasteiger partial charge in [-0.05, 0) is 25.5 Å². The molecule has 4 nitrogen and oxygen atoms in total. The molecule has 2 rings (SSSR count). The molecule has 2 atom stereocenters. The standard InChI is InChI=1S/C14H23N3OS/c1-3-9-17-10-8-15-13(14(17)18)16-11-6-4-5-7-12(11)19-2/h8,10-12H,3-7,9H2,1-2H3,(H,15,16). The Morgan fingerprint density at radius 3 is 3.00 bits per heavy atom. The quantitative estimate of drug-likeness (QED) is 0.901. The minimum atomic E-state index is 0.00905. The highest BCUT2D eigenvalue weighted by atomic mass is 32.2. The van der Waals surface area contributed by atoms with Gasteiger partial charge in [-0.25, -0.2) is 4.98 Å². The Bertz CT molecular complexity index is 460. The Balaban J connectivity index is 2.13. The van der Waals surface area contributed by atoms with E-state index < -0.39 is 0 Å². The van der Waals surface area contributed by atoms with Crippen molar-refractivity contribution in [3.05, 3.63) is 22.7 Å². The third-order valence-electron chi connectivity index (χ3n) is 3.71. The van der Waals surface area contributed by atoms with Crippen LogP contribution in [0.1, 0.15) is 39.0 Å². The first-order chi connectivity index (χ1) is 9.26. The van der Waals surface area contributed by atoms with E-state index in [1.165, 1.54) is 19.3 Å². The topological polar surface area (TPSA) is 46.9 Å². The van der Waals surface area contributed by atoms with Crippen LogP contribution in [-0.4, -0.2) is 27.1 Å². The maximum atomic E-state index is 12.3. The van der Waals surface area contributed by atoms with Crippen LogP contribution in [0.5, 0.6) is 0 Å². The lowest BCUT2D eigenvalue weighted by atomic mass is 9.95. The summed E-state index contributed by atoms with van der Waals surface area (Å²) in [6.45, 7) is 2.83. The number of nitrogens with one attached hydrogen (secondary N) is 1. The van der Waals surface area contributed by atoms with Crippen molar-refractivity contribution in [2.45, 2.75) is 56.9 Å². The number of hydrogen-bond donors (Lipinski definition) is 1. The summed E-state index contributed by atoms with van der Waals surface area (Å²) in [5.74, 6) is 0.516. The van der Waals surface area contributed by atoms with Crippen LogP contribution in [0.15, 0.2) is 17.2 Å². The van der Waals surface area contributed by atoms with Crippen LogP contribution < -0.4 is 10.9 Å². The van der Waals surface area contributed by atoms with Crippen LogP contribution in [0.3, 0.4) is 0 Å². The molecule has 0 bridgehead atoms. The maximum absolute atomic E-state index is 12.3. The average molecular weight is 281 g/mol. The lowest BCUT2D eigenvalue weighted by Gasteiger charge is -2.31.